The minimum atomic E-state index is -0.599. The van der Waals surface area contributed by atoms with Crippen molar-refractivity contribution in [2.45, 2.75) is 38.5 Å². The van der Waals surface area contributed by atoms with Gasteiger partial charge in [0.1, 0.15) is 29.7 Å². The monoisotopic (exact) mass is 499 g/mol. The van der Waals surface area contributed by atoms with Crippen LogP contribution in [-0.4, -0.2) is 12.3 Å². The van der Waals surface area contributed by atoms with Gasteiger partial charge in [0.2, 0.25) is 0 Å². The van der Waals surface area contributed by atoms with E-state index in [9.17, 15) is 18.4 Å². The number of hydrogen-bond donors (Lipinski definition) is 0. The number of nitrogens with zero attached hydrogens (tertiary/aromatic N) is 1. The normalized spacial score (nSPS) is 17.1. The summed E-state index contributed by atoms with van der Waals surface area (Å²) in [6, 6.07) is 10.2. The minimum absolute atomic E-state index is 0.0541. The zero-order valence-electron chi connectivity index (χ0n) is 17.3. The predicted molar refractivity (Wildman–Crippen MR) is 119 cm³/mol. The third-order valence-electron chi connectivity index (χ3n) is 5.33. The number of benzene rings is 2. The number of allylic oxidation sites excluding steroid dienone is 2. The van der Waals surface area contributed by atoms with Crippen molar-refractivity contribution in [1.82, 2.24) is 0 Å². The lowest BCUT2D eigenvalue weighted by molar-refractivity contribution is -0.133. The second-order valence-corrected chi connectivity index (χ2v) is 8.37. The summed E-state index contributed by atoms with van der Waals surface area (Å²) < 4.78 is 31.7. The molecule has 0 spiro atoms. The van der Waals surface area contributed by atoms with E-state index in [1.165, 1.54) is 18.2 Å². The number of cyclic esters (lactones) is 1. The maximum absolute atomic E-state index is 13.3. The molecule has 2 aliphatic rings. The van der Waals surface area contributed by atoms with Crippen LogP contribution in [0.4, 0.5) is 8.78 Å². The Balaban J connectivity index is 0.000000222. The number of esters is 1. The van der Waals surface area contributed by atoms with Crippen molar-refractivity contribution in [2.75, 3.05) is 0 Å². The van der Waals surface area contributed by atoms with Crippen molar-refractivity contribution < 1.29 is 23.1 Å². The highest BCUT2D eigenvalue weighted by Gasteiger charge is 2.31. The van der Waals surface area contributed by atoms with E-state index in [0.717, 1.165) is 48.5 Å². The van der Waals surface area contributed by atoms with Gasteiger partial charge >= 0.3 is 5.97 Å². The number of carbonyl (C=O) groups is 2. The molecule has 2 aromatic rings. The third kappa shape index (κ3) is 5.38. The van der Waals surface area contributed by atoms with E-state index in [1.807, 2.05) is 13.0 Å². The Morgan fingerprint density at radius 2 is 1.78 bits per heavy atom. The van der Waals surface area contributed by atoms with Crippen molar-refractivity contribution in [1.29, 1.82) is 5.26 Å². The van der Waals surface area contributed by atoms with Crippen molar-refractivity contribution in [3.63, 3.8) is 0 Å². The third-order valence-corrected chi connectivity index (χ3v) is 5.94. The molecule has 1 unspecified atom stereocenters. The highest BCUT2D eigenvalue weighted by Crippen LogP contribution is 2.38. The first-order valence-electron chi connectivity index (χ1n) is 10.1. The van der Waals surface area contributed by atoms with Gasteiger partial charge in [-0.25, -0.2) is 13.6 Å². The van der Waals surface area contributed by atoms with Crippen LogP contribution in [0.25, 0.3) is 0 Å². The Kier molecular flexibility index (Phi) is 7.70. The molecule has 2 aromatic carbocycles. The van der Waals surface area contributed by atoms with E-state index in [4.69, 9.17) is 10.00 Å². The molecule has 0 fully saturated rings. The Hall–Kier alpha value is -3.11. The molecule has 0 saturated carbocycles. The molecule has 0 radical (unpaired) electrons. The van der Waals surface area contributed by atoms with Gasteiger partial charge in [0.15, 0.2) is 0 Å². The van der Waals surface area contributed by atoms with Gasteiger partial charge in [-0.05, 0) is 83.6 Å². The summed E-state index contributed by atoms with van der Waals surface area (Å²) in [6.45, 7) is 2.02. The summed E-state index contributed by atoms with van der Waals surface area (Å²) >= 11 is 3.20. The Bertz CT molecular complexity index is 1160. The minimum Gasteiger partial charge on any atom is -0.423 e. The number of halogens is 3. The largest absolute Gasteiger partial charge is 0.423 e. The predicted octanol–water partition coefficient (Wildman–Crippen LogP) is 6.51. The quantitative estimate of drug-likeness (QED) is 0.356. The standard InChI is InChI=1S/C17H16BrFO2.C8H4FNO/c1-10(11-6-7-15(19)14(18)9-11)8-16-12-4-2-3-5-13(12)17(20)21-16;9-8-2-1-6(5-11)3-7(8)4-10/h6-10H,2-5H2,1H3;1-3,5H. The molecule has 1 heterocycles. The van der Waals surface area contributed by atoms with Crippen LogP contribution in [0.1, 0.15) is 60.0 Å². The second-order valence-electron chi connectivity index (χ2n) is 7.52. The van der Waals surface area contributed by atoms with Gasteiger partial charge in [0.25, 0.3) is 0 Å². The molecule has 4 rings (SSSR count). The molecular weight excluding hydrogens is 480 g/mol. The van der Waals surface area contributed by atoms with Crippen LogP contribution in [0.5, 0.6) is 0 Å². The van der Waals surface area contributed by atoms with Crippen LogP contribution in [-0.2, 0) is 9.53 Å². The number of nitriles is 1. The van der Waals surface area contributed by atoms with Crippen molar-refractivity contribution in [3.8, 4) is 6.07 Å². The van der Waals surface area contributed by atoms with Gasteiger partial charge in [-0.2, -0.15) is 5.26 Å². The summed E-state index contributed by atoms with van der Waals surface area (Å²) in [5.74, 6) is -0.314. The summed E-state index contributed by atoms with van der Waals surface area (Å²) in [5, 5.41) is 8.33. The maximum atomic E-state index is 13.3. The molecule has 1 aliphatic carbocycles. The van der Waals surface area contributed by atoms with Gasteiger partial charge in [-0.15, -0.1) is 0 Å². The van der Waals surface area contributed by atoms with Gasteiger partial charge in [-0.1, -0.05) is 13.0 Å². The van der Waals surface area contributed by atoms with Crippen molar-refractivity contribution in [2.24, 2.45) is 0 Å². The van der Waals surface area contributed by atoms with Crippen LogP contribution in [0.3, 0.4) is 0 Å². The van der Waals surface area contributed by atoms with Gasteiger partial charge in [0, 0.05) is 22.6 Å². The SMILES string of the molecule is CC(C=C1OC(=O)C2=C1CCCC2)c1ccc(F)c(Br)c1.N#Cc1cc(C=O)ccc1F. The fourth-order valence-corrected chi connectivity index (χ4v) is 3.98. The number of aldehydes is 1. The van der Waals surface area contributed by atoms with Crippen LogP contribution in [0.15, 0.2) is 63.9 Å². The molecule has 1 atom stereocenters. The molecule has 0 amide bonds. The molecule has 1 aliphatic heterocycles. The average Bonchev–Trinajstić information content (AvgIpc) is 3.12. The molecule has 0 N–H and O–H groups in total. The fourth-order valence-electron chi connectivity index (χ4n) is 3.58. The van der Waals surface area contributed by atoms with E-state index in [2.05, 4.69) is 15.9 Å². The Morgan fingerprint density at radius 1 is 1.09 bits per heavy atom. The Labute approximate surface area is 193 Å². The van der Waals surface area contributed by atoms with Crippen LogP contribution in [0.2, 0.25) is 0 Å². The van der Waals surface area contributed by atoms with Crippen LogP contribution >= 0.6 is 15.9 Å². The lowest BCUT2D eigenvalue weighted by Gasteiger charge is -2.12. The van der Waals surface area contributed by atoms with Crippen molar-refractivity contribution >= 4 is 28.2 Å². The first-order chi connectivity index (χ1) is 15.3. The smallest absolute Gasteiger partial charge is 0.339 e. The first-order valence-corrected chi connectivity index (χ1v) is 10.9. The summed E-state index contributed by atoms with van der Waals surface area (Å²) in [4.78, 5) is 22.0. The summed E-state index contributed by atoms with van der Waals surface area (Å²) in [6.07, 6.45) is 6.42. The molecule has 0 aromatic heterocycles. The zero-order valence-corrected chi connectivity index (χ0v) is 18.9. The number of ether oxygens (including phenoxy) is 1. The maximum Gasteiger partial charge on any atom is 0.339 e. The molecular formula is C25H20BrF2NO3. The molecule has 0 saturated heterocycles. The van der Waals surface area contributed by atoms with Crippen LogP contribution in [0, 0.1) is 23.0 Å². The lowest BCUT2D eigenvalue weighted by atomic mass is 9.90. The highest BCUT2D eigenvalue weighted by atomic mass is 79.9. The van der Waals surface area contributed by atoms with E-state index in [1.54, 1.807) is 18.2 Å². The van der Waals surface area contributed by atoms with Crippen molar-refractivity contribution in [3.05, 3.63) is 92.2 Å². The number of rotatable bonds is 3. The number of hydrogen-bond acceptors (Lipinski definition) is 4. The van der Waals surface area contributed by atoms with E-state index in [-0.39, 0.29) is 23.3 Å². The van der Waals surface area contributed by atoms with Crippen LogP contribution < -0.4 is 0 Å². The Morgan fingerprint density at radius 3 is 2.44 bits per heavy atom. The van der Waals surface area contributed by atoms with E-state index in [0.29, 0.717) is 22.1 Å². The molecule has 0 bridgehead atoms. The molecule has 164 valence electrons. The molecule has 4 nitrogen and oxygen atoms in total. The average molecular weight is 500 g/mol. The topological polar surface area (TPSA) is 67.2 Å². The van der Waals surface area contributed by atoms with Gasteiger partial charge in [-0.3, -0.25) is 4.79 Å². The van der Waals surface area contributed by atoms with E-state index < -0.39 is 5.82 Å². The molecule has 7 heteroatoms. The van der Waals surface area contributed by atoms with E-state index >= 15 is 0 Å². The van der Waals surface area contributed by atoms with Gasteiger partial charge < -0.3 is 4.74 Å². The highest BCUT2D eigenvalue weighted by molar-refractivity contribution is 9.10. The fraction of sp³-hybridized carbons (Fsp3) is 0.240. The summed E-state index contributed by atoms with van der Waals surface area (Å²) in [7, 11) is 0. The lowest BCUT2D eigenvalue weighted by Crippen LogP contribution is -2.01. The van der Waals surface area contributed by atoms with Gasteiger partial charge in [0.05, 0.1) is 10.0 Å². The second kappa shape index (κ2) is 10.5. The zero-order chi connectivity index (χ0) is 23.3. The summed E-state index contributed by atoms with van der Waals surface area (Å²) in [5.41, 5.74) is 3.11. The molecule has 32 heavy (non-hydrogen) atoms. The first kappa shape index (κ1) is 23.6. The number of carbonyl (C=O) groups excluding carboxylic acids is 2.